The largest absolute Gasteiger partial charge is 0.372 e. The van der Waals surface area contributed by atoms with E-state index < -0.39 is 0 Å². The van der Waals surface area contributed by atoms with Gasteiger partial charge in [0.1, 0.15) is 5.82 Å². The van der Waals surface area contributed by atoms with E-state index in [1.54, 1.807) is 6.07 Å². The van der Waals surface area contributed by atoms with Gasteiger partial charge in [-0.2, -0.15) is 0 Å². The van der Waals surface area contributed by atoms with E-state index in [-0.39, 0.29) is 11.9 Å². The number of nitrogens with two attached hydrogens (primary N) is 1. The molecule has 0 saturated carbocycles. The molecule has 0 spiro atoms. The molecule has 2 N–H and O–H groups in total. The van der Waals surface area contributed by atoms with Crippen molar-refractivity contribution < 1.29 is 4.39 Å². The van der Waals surface area contributed by atoms with Crippen molar-refractivity contribution in [2.45, 2.75) is 26.8 Å². The van der Waals surface area contributed by atoms with Crippen molar-refractivity contribution in [3.8, 4) is 0 Å². The third-order valence-electron chi connectivity index (χ3n) is 2.59. The van der Waals surface area contributed by atoms with Crippen molar-refractivity contribution >= 4 is 5.69 Å². The Labute approximate surface area is 90.9 Å². The molecule has 0 amide bonds. The standard InChI is InChI=1S/C12H19FN2/c1-4-15(5-2)11-8-6-7-10(13)12(11)9(3)14/h6-9H,4-5,14H2,1-3H3. The first-order valence-electron chi connectivity index (χ1n) is 5.40. The highest BCUT2D eigenvalue weighted by atomic mass is 19.1. The van der Waals surface area contributed by atoms with Gasteiger partial charge in [-0.25, -0.2) is 4.39 Å². The summed E-state index contributed by atoms with van der Waals surface area (Å²) in [6, 6.07) is 4.84. The maximum Gasteiger partial charge on any atom is 0.130 e. The smallest absolute Gasteiger partial charge is 0.130 e. The summed E-state index contributed by atoms with van der Waals surface area (Å²) in [5.41, 5.74) is 7.32. The molecular formula is C12H19FN2. The molecule has 0 bridgehead atoms. The minimum atomic E-state index is -0.276. The van der Waals surface area contributed by atoms with Crippen LogP contribution in [0.3, 0.4) is 0 Å². The first-order chi connectivity index (χ1) is 7.11. The first kappa shape index (κ1) is 12.0. The molecule has 1 aromatic carbocycles. The summed E-state index contributed by atoms with van der Waals surface area (Å²) in [6.07, 6.45) is 0. The minimum Gasteiger partial charge on any atom is -0.372 e. The second-order valence-electron chi connectivity index (χ2n) is 3.63. The third-order valence-corrected chi connectivity index (χ3v) is 2.59. The van der Waals surface area contributed by atoms with Crippen LogP contribution in [0, 0.1) is 5.82 Å². The fourth-order valence-electron chi connectivity index (χ4n) is 1.82. The van der Waals surface area contributed by atoms with E-state index in [1.165, 1.54) is 6.07 Å². The molecule has 0 aliphatic rings. The summed E-state index contributed by atoms with van der Waals surface area (Å²) in [5.74, 6) is -0.214. The van der Waals surface area contributed by atoms with Gasteiger partial charge in [-0.15, -0.1) is 0 Å². The average molecular weight is 210 g/mol. The van der Waals surface area contributed by atoms with Crippen LogP contribution >= 0.6 is 0 Å². The third kappa shape index (κ3) is 2.48. The van der Waals surface area contributed by atoms with E-state index in [9.17, 15) is 4.39 Å². The zero-order chi connectivity index (χ0) is 11.4. The van der Waals surface area contributed by atoms with Gasteiger partial charge in [0.25, 0.3) is 0 Å². The maximum atomic E-state index is 13.6. The summed E-state index contributed by atoms with van der Waals surface area (Å²) in [5, 5.41) is 0. The van der Waals surface area contributed by atoms with Crippen molar-refractivity contribution in [1.82, 2.24) is 0 Å². The lowest BCUT2D eigenvalue weighted by Crippen LogP contribution is -2.25. The van der Waals surface area contributed by atoms with E-state index in [2.05, 4.69) is 18.7 Å². The van der Waals surface area contributed by atoms with Crippen LogP contribution in [0.2, 0.25) is 0 Å². The highest BCUT2D eigenvalue weighted by molar-refractivity contribution is 5.55. The maximum absolute atomic E-state index is 13.6. The first-order valence-corrected chi connectivity index (χ1v) is 5.40. The molecular weight excluding hydrogens is 191 g/mol. The topological polar surface area (TPSA) is 29.3 Å². The molecule has 3 heteroatoms. The Hall–Kier alpha value is -1.09. The Balaban J connectivity index is 3.21. The van der Waals surface area contributed by atoms with Crippen LogP contribution in [0.25, 0.3) is 0 Å². The van der Waals surface area contributed by atoms with Gasteiger partial charge in [0.15, 0.2) is 0 Å². The molecule has 1 unspecified atom stereocenters. The van der Waals surface area contributed by atoms with Gasteiger partial charge in [0, 0.05) is 30.4 Å². The molecule has 0 aliphatic carbocycles. The van der Waals surface area contributed by atoms with Gasteiger partial charge in [-0.3, -0.25) is 0 Å². The van der Waals surface area contributed by atoms with E-state index in [0.29, 0.717) is 5.56 Å². The summed E-state index contributed by atoms with van der Waals surface area (Å²) < 4.78 is 13.6. The lowest BCUT2D eigenvalue weighted by atomic mass is 10.0. The van der Waals surface area contributed by atoms with Crippen molar-refractivity contribution in [3.63, 3.8) is 0 Å². The number of halogens is 1. The fraction of sp³-hybridized carbons (Fsp3) is 0.500. The number of hydrogen-bond donors (Lipinski definition) is 1. The van der Waals surface area contributed by atoms with Crippen LogP contribution in [0.4, 0.5) is 10.1 Å². The Morgan fingerprint density at radius 2 is 1.93 bits per heavy atom. The molecule has 1 aromatic rings. The Morgan fingerprint density at radius 1 is 1.33 bits per heavy atom. The van der Waals surface area contributed by atoms with Gasteiger partial charge >= 0.3 is 0 Å². The summed E-state index contributed by atoms with van der Waals surface area (Å²) in [4.78, 5) is 2.11. The summed E-state index contributed by atoms with van der Waals surface area (Å²) in [6.45, 7) is 7.64. The molecule has 0 aliphatic heterocycles. The molecule has 0 aromatic heterocycles. The second kappa shape index (κ2) is 5.12. The molecule has 0 saturated heterocycles. The highest BCUT2D eigenvalue weighted by Crippen LogP contribution is 2.27. The molecule has 0 fully saturated rings. The molecule has 0 radical (unpaired) electrons. The Kier molecular flexibility index (Phi) is 4.09. The predicted octanol–water partition coefficient (Wildman–Crippen LogP) is 2.69. The zero-order valence-corrected chi connectivity index (χ0v) is 9.63. The molecule has 84 valence electrons. The minimum absolute atomic E-state index is 0.214. The van der Waals surface area contributed by atoms with Gasteiger partial charge in [-0.05, 0) is 32.9 Å². The highest BCUT2D eigenvalue weighted by Gasteiger charge is 2.15. The summed E-state index contributed by atoms with van der Waals surface area (Å²) in [7, 11) is 0. The van der Waals surface area contributed by atoms with Crippen LogP contribution in [-0.2, 0) is 0 Å². The second-order valence-corrected chi connectivity index (χ2v) is 3.63. The fourth-order valence-corrected chi connectivity index (χ4v) is 1.82. The van der Waals surface area contributed by atoms with Crippen molar-refractivity contribution in [2.24, 2.45) is 5.73 Å². The molecule has 1 atom stereocenters. The van der Waals surface area contributed by atoms with Crippen LogP contribution < -0.4 is 10.6 Å². The van der Waals surface area contributed by atoms with E-state index in [4.69, 9.17) is 5.73 Å². The predicted molar refractivity (Wildman–Crippen MR) is 62.6 cm³/mol. The van der Waals surface area contributed by atoms with Gasteiger partial charge in [0.2, 0.25) is 0 Å². The van der Waals surface area contributed by atoms with Crippen molar-refractivity contribution in [3.05, 3.63) is 29.6 Å². The molecule has 1 rings (SSSR count). The van der Waals surface area contributed by atoms with Crippen LogP contribution in [0.1, 0.15) is 32.4 Å². The lowest BCUT2D eigenvalue weighted by molar-refractivity contribution is 0.592. The number of anilines is 1. The lowest BCUT2D eigenvalue weighted by Gasteiger charge is -2.25. The number of hydrogen-bond acceptors (Lipinski definition) is 2. The van der Waals surface area contributed by atoms with Crippen LogP contribution in [0.5, 0.6) is 0 Å². The SMILES string of the molecule is CCN(CC)c1cccc(F)c1C(C)N. The zero-order valence-electron chi connectivity index (χ0n) is 9.63. The number of benzene rings is 1. The van der Waals surface area contributed by atoms with Crippen LogP contribution in [0.15, 0.2) is 18.2 Å². The molecule has 15 heavy (non-hydrogen) atoms. The number of rotatable bonds is 4. The normalized spacial score (nSPS) is 12.6. The van der Waals surface area contributed by atoms with Crippen LogP contribution in [-0.4, -0.2) is 13.1 Å². The van der Waals surface area contributed by atoms with E-state index >= 15 is 0 Å². The Bertz CT molecular complexity index is 319. The van der Waals surface area contributed by atoms with Gasteiger partial charge in [0.05, 0.1) is 0 Å². The van der Waals surface area contributed by atoms with Gasteiger partial charge < -0.3 is 10.6 Å². The number of nitrogens with zero attached hydrogens (tertiary/aromatic N) is 1. The average Bonchev–Trinajstić information content (AvgIpc) is 2.19. The quantitative estimate of drug-likeness (QED) is 0.828. The Morgan fingerprint density at radius 3 is 2.40 bits per heavy atom. The van der Waals surface area contributed by atoms with Crippen molar-refractivity contribution in [1.29, 1.82) is 0 Å². The monoisotopic (exact) mass is 210 g/mol. The van der Waals surface area contributed by atoms with E-state index in [0.717, 1.165) is 18.8 Å². The van der Waals surface area contributed by atoms with E-state index in [1.807, 2.05) is 13.0 Å². The van der Waals surface area contributed by atoms with Crippen molar-refractivity contribution in [2.75, 3.05) is 18.0 Å². The molecule has 2 nitrogen and oxygen atoms in total. The van der Waals surface area contributed by atoms with Gasteiger partial charge in [-0.1, -0.05) is 6.07 Å². The molecule has 0 heterocycles. The summed E-state index contributed by atoms with van der Waals surface area (Å²) >= 11 is 0.